The average molecular weight is 449 g/mol. The first-order chi connectivity index (χ1) is 16.0. The molecule has 2 aromatic carbocycles. The summed E-state index contributed by atoms with van der Waals surface area (Å²) >= 11 is 0. The maximum atomic E-state index is 10.9. The molecule has 1 aliphatic carbocycles. The first-order valence-electron chi connectivity index (χ1n) is 11.7. The van der Waals surface area contributed by atoms with E-state index in [2.05, 4.69) is 16.7 Å². The number of non-ortho nitro benzene ring substituents is 1. The predicted octanol–water partition coefficient (Wildman–Crippen LogP) is 4.55. The Bertz CT molecular complexity index is 1100. The van der Waals surface area contributed by atoms with Crippen LogP contribution >= 0.6 is 0 Å². The van der Waals surface area contributed by atoms with Crippen LogP contribution in [-0.2, 0) is 6.42 Å². The highest BCUT2D eigenvalue weighted by molar-refractivity contribution is 5.90. The van der Waals surface area contributed by atoms with Crippen molar-refractivity contribution in [2.45, 2.75) is 50.6 Å². The fourth-order valence-electron chi connectivity index (χ4n) is 4.51. The minimum Gasteiger partial charge on any atom is -0.362 e. The van der Waals surface area contributed by atoms with Crippen molar-refractivity contribution in [3.8, 4) is 0 Å². The van der Waals surface area contributed by atoms with E-state index in [0.29, 0.717) is 18.0 Å². The van der Waals surface area contributed by atoms with Crippen molar-refractivity contribution in [2.75, 3.05) is 30.9 Å². The third-order valence-electron chi connectivity index (χ3n) is 6.26. The van der Waals surface area contributed by atoms with E-state index in [0.717, 1.165) is 67.4 Å². The van der Waals surface area contributed by atoms with Gasteiger partial charge in [-0.3, -0.25) is 10.1 Å². The maximum Gasteiger partial charge on any atom is 0.269 e. The molecule has 0 radical (unpaired) electrons. The number of fused-ring (bicyclic) bond motifs is 1. The van der Waals surface area contributed by atoms with Crippen LogP contribution in [0.15, 0.2) is 48.5 Å². The van der Waals surface area contributed by atoms with Crippen molar-refractivity contribution in [1.82, 2.24) is 15.3 Å². The molecule has 8 nitrogen and oxygen atoms in total. The van der Waals surface area contributed by atoms with Gasteiger partial charge in [0.1, 0.15) is 5.82 Å². The average Bonchev–Trinajstić information content (AvgIpc) is 2.82. The highest BCUT2D eigenvalue weighted by Crippen LogP contribution is 2.26. The third-order valence-corrected chi connectivity index (χ3v) is 6.26. The summed E-state index contributed by atoms with van der Waals surface area (Å²) in [5.41, 5.74) is 2.14. The van der Waals surface area contributed by atoms with Gasteiger partial charge in [-0.1, -0.05) is 24.3 Å². The van der Waals surface area contributed by atoms with Crippen molar-refractivity contribution < 1.29 is 4.92 Å². The molecular formula is C25H32N6O2. The fourth-order valence-corrected chi connectivity index (χ4v) is 4.51. The number of benzene rings is 2. The number of hydrogen-bond acceptors (Lipinski definition) is 7. The Hall–Kier alpha value is -3.26. The van der Waals surface area contributed by atoms with Gasteiger partial charge in [0.2, 0.25) is 5.95 Å². The number of nitro benzene ring substituents is 1. The molecule has 0 spiro atoms. The summed E-state index contributed by atoms with van der Waals surface area (Å²) in [5.74, 6) is 1.63. The zero-order valence-electron chi connectivity index (χ0n) is 19.3. The van der Waals surface area contributed by atoms with Crippen LogP contribution in [0.2, 0.25) is 0 Å². The van der Waals surface area contributed by atoms with Crippen LogP contribution in [-0.4, -0.2) is 47.6 Å². The second-order valence-electron chi connectivity index (χ2n) is 8.96. The Labute approximate surface area is 194 Å². The highest BCUT2D eigenvalue weighted by Gasteiger charge is 2.22. The molecular weight excluding hydrogens is 416 g/mol. The number of nitrogens with one attached hydrogen (secondary N) is 2. The van der Waals surface area contributed by atoms with E-state index in [1.807, 2.05) is 43.3 Å². The Balaban J connectivity index is 1.23. The van der Waals surface area contributed by atoms with Gasteiger partial charge in [-0.15, -0.1) is 0 Å². The molecule has 1 fully saturated rings. The molecule has 1 heterocycles. The molecule has 0 saturated heterocycles. The molecule has 4 rings (SSSR count). The molecule has 3 aromatic rings. The maximum absolute atomic E-state index is 10.9. The van der Waals surface area contributed by atoms with Gasteiger partial charge in [-0.05, 0) is 62.8 Å². The van der Waals surface area contributed by atoms with Crippen LogP contribution in [0.3, 0.4) is 0 Å². The van der Waals surface area contributed by atoms with Gasteiger partial charge in [-0.2, -0.15) is 4.98 Å². The summed E-state index contributed by atoms with van der Waals surface area (Å²) in [6.45, 7) is 0.922. The standard InChI is InChI=1S/C25H32N6O2/c1-30(2)24-22-10-3-4-11-23(22)28-25(29-24)27-20-14-12-19(13-15-20)26-16-6-8-18-7-5-9-21(17-18)31(32)33/h3-5,7,9-11,17,19-20,26H,6,8,12-16H2,1-2H3,(H,27,28,29). The number of para-hydroxylation sites is 1. The predicted molar refractivity (Wildman–Crippen MR) is 133 cm³/mol. The van der Waals surface area contributed by atoms with Crippen molar-refractivity contribution in [2.24, 2.45) is 0 Å². The molecule has 0 aliphatic heterocycles. The smallest absolute Gasteiger partial charge is 0.269 e. The molecule has 2 N–H and O–H groups in total. The van der Waals surface area contributed by atoms with E-state index in [-0.39, 0.29) is 10.6 Å². The van der Waals surface area contributed by atoms with E-state index >= 15 is 0 Å². The van der Waals surface area contributed by atoms with Crippen LogP contribution in [0.5, 0.6) is 0 Å². The molecule has 1 aliphatic rings. The van der Waals surface area contributed by atoms with Crippen LogP contribution in [0.25, 0.3) is 10.9 Å². The zero-order valence-corrected chi connectivity index (χ0v) is 19.3. The van der Waals surface area contributed by atoms with Crippen LogP contribution in [0, 0.1) is 10.1 Å². The van der Waals surface area contributed by atoms with E-state index in [1.54, 1.807) is 18.2 Å². The summed E-state index contributed by atoms with van der Waals surface area (Å²) in [5, 5.41) is 19.2. The minimum absolute atomic E-state index is 0.166. The molecule has 1 aromatic heterocycles. The number of hydrogen-bond donors (Lipinski definition) is 2. The number of anilines is 2. The van der Waals surface area contributed by atoms with Gasteiger partial charge < -0.3 is 15.5 Å². The Morgan fingerprint density at radius 1 is 1.03 bits per heavy atom. The third kappa shape index (κ3) is 5.96. The molecule has 8 heteroatoms. The molecule has 0 unspecified atom stereocenters. The van der Waals surface area contributed by atoms with Crippen LogP contribution in [0.4, 0.5) is 17.5 Å². The number of aryl methyl sites for hydroxylation is 1. The molecule has 174 valence electrons. The normalized spacial score (nSPS) is 18.2. The molecule has 33 heavy (non-hydrogen) atoms. The second kappa shape index (κ2) is 10.6. The fraction of sp³-hybridized carbons (Fsp3) is 0.440. The van der Waals surface area contributed by atoms with Gasteiger partial charge >= 0.3 is 0 Å². The van der Waals surface area contributed by atoms with Crippen molar-refractivity contribution in [1.29, 1.82) is 0 Å². The topological polar surface area (TPSA) is 96.2 Å². The lowest BCUT2D eigenvalue weighted by Crippen LogP contribution is -2.37. The molecule has 0 atom stereocenters. The first kappa shape index (κ1) is 22.9. The van der Waals surface area contributed by atoms with Gasteiger partial charge in [0.25, 0.3) is 5.69 Å². The van der Waals surface area contributed by atoms with E-state index in [1.165, 1.54) is 0 Å². The van der Waals surface area contributed by atoms with Crippen LogP contribution in [0.1, 0.15) is 37.7 Å². The Kier molecular flexibility index (Phi) is 7.34. The molecule has 0 bridgehead atoms. The highest BCUT2D eigenvalue weighted by atomic mass is 16.6. The van der Waals surface area contributed by atoms with Gasteiger partial charge in [0.15, 0.2) is 0 Å². The quantitative estimate of drug-likeness (QED) is 0.282. The summed E-state index contributed by atoms with van der Waals surface area (Å²) < 4.78 is 0. The van der Waals surface area contributed by atoms with E-state index in [9.17, 15) is 10.1 Å². The van der Waals surface area contributed by atoms with Gasteiger partial charge in [0.05, 0.1) is 10.4 Å². The Morgan fingerprint density at radius 2 is 1.79 bits per heavy atom. The Morgan fingerprint density at radius 3 is 2.55 bits per heavy atom. The zero-order chi connectivity index (χ0) is 23.2. The van der Waals surface area contributed by atoms with Crippen molar-refractivity contribution in [3.05, 3.63) is 64.2 Å². The minimum atomic E-state index is -0.335. The van der Waals surface area contributed by atoms with Crippen LogP contribution < -0.4 is 15.5 Å². The number of aromatic nitrogens is 2. The summed E-state index contributed by atoms with van der Waals surface area (Å²) in [4.78, 5) is 22.1. The SMILES string of the molecule is CN(C)c1nc(NC2CCC(NCCCc3cccc([N+](=O)[O-])c3)CC2)nc2ccccc12. The second-order valence-corrected chi connectivity index (χ2v) is 8.96. The number of nitrogens with zero attached hydrogens (tertiary/aromatic N) is 4. The first-order valence-corrected chi connectivity index (χ1v) is 11.7. The summed E-state index contributed by atoms with van der Waals surface area (Å²) in [6.07, 6.45) is 6.20. The van der Waals surface area contributed by atoms with E-state index < -0.39 is 0 Å². The van der Waals surface area contributed by atoms with E-state index in [4.69, 9.17) is 9.97 Å². The molecule has 1 saturated carbocycles. The lowest BCUT2D eigenvalue weighted by Gasteiger charge is -2.30. The number of nitro groups is 1. The van der Waals surface area contributed by atoms with Gasteiger partial charge in [-0.25, -0.2) is 4.98 Å². The number of rotatable bonds is 9. The molecule has 0 amide bonds. The monoisotopic (exact) mass is 448 g/mol. The van der Waals surface area contributed by atoms with Crippen molar-refractivity contribution >= 4 is 28.4 Å². The summed E-state index contributed by atoms with van der Waals surface area (Å²) in [7, 11) is 4.02. The largest absolute Gasteiger partial charge is 0.362 e. The summed E-state index contributed by atoms with van der Waals surface area (Å²) in [6, 6.07) is 15.9. The lowest BCUT2D eigenvalue weighted by atomic mass is 9.91. The lowest BCUT2D eigenvalue weighted by molar-refractivity contribution is -0.384. The van der Waals surface area contributed by atoms with Gasteiger partial charge in [0, 0.05) is 43.7 Å². The van der Waals surface area contributed by atoms with Crippen molar-refractivity contribution in [3.63, 3.8) is 0 Å².